The van der Waals surface area contributed by atoms with Crippen LogP contribution in [0.2, 0.25) is 0 Å². The van der Waals surface area contributed by atoms with Crippen LogP contribution in [0.15, 0.2) is 97.1 Å². The molecule has 1 aliphatic rings. The van der Waals surface area contributed by atoms with E-state index in [4.69, 9.17) is 4.98 Å². The molecular weight excluding hydrogens is 393 g/mol. The Morgan fingerprint density at radius 1 is 0.625 bits per heavy atom. The van der Waals surface area contributed by atoms with Crippen LogP contribution in [0.3, 0.4) is 0 Å². The van der Waals surface area contributed by atoms with E-state index >= 15 is 0 Å². The number of rotatable bonds is 2. The van der Waals surface area contributed by atoms with Gasteiger partial charge in [-0.2, -0.15) is 0 Å². The second kappa shape index (κ2) is 6.86. The summed E-state index contributed by atoms with van der Waals surface area (Å²) < 4.78 is 14.9. The van der Waals surface area contributed by atoms with Crippen molar-refractivity contribution in [1.82, 2.24) is 4.98 Å². The lowest BCUT2D eigenvalue weighted by Gasteiger charge is -2.22. The molecule has 0 N–H and O–H groups in total. The minimum Gasteiger partial charge on any atom is -0.248 e. The smallest absolute Gasteiger partial charge is 0.133 e. The van der Waals surface area contributed by atoms with Crippen molar-refractivity contribution in [2.45, 2.75) is 19.3 Å². The zero-order chi connectivity index (χ0) is 21.9. The Morgan fingerprint density at radius 2 is 1.38 bits per heavy atom. The predicted octanol–water partition coefficient (Wildman–Crippen LogP) is 8.01. The molecule has 0 spiro atoms. The van der Waals surface area contributed by atoms with Gasteiger partial charge in [0, 0.05) is 16.4 Å². The topological polar surface area (TPSA) is 12.9 Å². The van der Waals surface area contributed by atoms with Gasteiger partial charge in [0.25, 0.3) is 0 Å². The molecule has 0 atom stereocenters. The van der Waals surface area contributed by atoms with Gasteiger partial charge in [-0.1, -0.05) is 86.6 Å². The van der Waals surface area contributed by atoms with Crippen LogP contribution < -0.4 is 0 Å². The largest absolute Gasteiger partial charge is 0.248 e. The molecule has 0 fully saturated rings. The lowest BCUT2D eigenvalue weighted by Crippen LogP contribution is -2.14. The molecule has 0 saturated heterocycles. The van der Waals surface area contributed by atoms with Gasteiger partial charge in [-0.15, -0.1) is 0 Å². The molecule has 1 aliphatic carbocycles. The molecule has 6 rings (SSSR count). The summed E-state index contributed by atoms with van der Waals surface area (Å²) in [7, 11) is 0. The molecule has 1 heterocycles. The fourth-order valence-corrected chi connectivity index (χ4v) is 5.10. The van der Waals surface area contributed by atoms with Gasteiger partial charge >= 0.3 is 0 Å². The molecule has 0 unspecified atom stereocenters. The van der Waals surface area contributed by atoms with Crippen molar-refractivity contribution in [3.05, 3.63) is 114 Å². The summed E-state index contributed by atoms with van der Waals surface area (Å²) in [4.78, 5) is 4.87. The molecule has 1 nitrogen and oxygen atoms in total. The highest BCUT2D eigenvalue weighted by molar-refractivity contribution is 5.97. The maximum Gasteiger partial charge on any atom is 0.133 e. The Kier molecular flexibility index (Phi) is 4.06. The van der Waals surface area contributed by atoms with Gasteiger partial charge in [0.15, 0.2) is 0 Å². The molecule has 0 amide bonds. The van der Waals surface area contributed by atoms with Gasteiger partial charge in [-0.25, -0.2) is 9.37 Å². The standard InChI is InChI=1S/C30H22FN/c1-30(2)24-12-7-6-11-21(24)22-16-15-20(17-25(22)30)28-18-23(19-9-4-3-5-10-19)29-26(31)13-8-14-27(29)32-28/h3-18H,1-2H3. The van der Waals surface area contributed by atoms with Crippen molar-refractivity contribution in [3.8, 4) is 33.5 Å². The molecule has 0 bridgehead atoms. The van der Waals surface area contributed by atoms with Crippen LogP contribution in [0.5, 0.6) is 0 Å². The van der Waals surface area contributed by atoms with Crippen LogP contribution in [0.4, 0.5) is 4.39 Å². The lowest BCUT2D eigenvalue weighted by atomic mass is 9.82. The summed E-state index contributed by atoms with van der Waals surface area (Å²) in [5.41, 5.74) is 9.60. The van der Waals surface area contributed by atoms with E-state index in [0.717, 1.165) is 22.4 Å². The van der Waals surface area contributed by atoms with E-state index in [0.29, 0.717) is 10.9 Å². The van der Waals surface area contributed by atoms with E-state index < -0.39 is 0 Å². The number of nitrogens with zero attached hydrogens (tertiary/aromatic N) is 1. The van der Waals surface area contributed by atoms with E-state index in [1.54, 1.807) is 6.07 Å². The molecule has 32 heavy (non-hydrogen) atoms. The quantitative estimate of drug-likeness (QED) is 0.284. The van der Waals surface area contributed by atoms with Crippen molar-refractivity contribution in [2.24, 2.45) is 0 Å². The number of aromatic nitrogens is 1. The van der Waals surface area contributed by atoms with Gasteiger partial charge in [0.1, 0.15) is 5.82 Å². The highest BCUT2D eigenvalue weighted by Gasteiger charge is 2.35. The third-order valence-electron chi connectivity index (χ3n) is 6.75. The van der Waals surface area contributed by atoms with Crippen LogP contribution in [0.1, 0.15) is 25.0 Å². The van der Waals surface area contributed by atoms with Gasteiger partial charge in [-0.3, -0.25) is 0 Å². The Morgan fingerprint density at radius 3 is 2.22 bits per heavy atom. The SMILES string of the molecule is CC1(C)c2ccccc2-c2ccc(-c3cc(-c4ccccc4)c4c(F)cccc4n3)cc21. The summed E-state index contributed by atoms with van der Waals surface area (Å²) in [6, 6.07) is 32.4. The number of halogens is 1. The number of hydrogen-bond donors (Lipinski definition) is 0. The summed E-state index contributed by atoms with van der Waals surface area (Å²) in [5.74, 6) is -0.245. The van der Waals surface area contributed by atoms with Crippen LogP contribution in [0.25, 0.3) is 44.4 Å². The van der Waals surface area contributed by atoms with Crippen molar-refractivity contribution in [3.63, 3.8) is 0 Å². The first kappa shape index (κ1) is 18.9. The number of fused-ring (bicyclic) bond motifs is 4. The normalized spacial score (nSPS) is 13.7. The zero-order valence-corrected chi connectivity index (χ0v) is 18.1. The maximum atomic E-state index is 14.9. The van der Waals surface area contributed by atoms with Crippen LogP contribution >= 0.6 is 0 Å². The maximum absolute atomic E-state index is 14.9. The van der Waals surface area contributed by atoms with E-state index in [9.17, 15) is 4.39 Å². The Balaban J connectivity index is 1.59. The van der Waals surface area contributed by atoms with Gasteiger partial charge in [-0.05, 0) is 57.6 Å². The predicted molar refractivity (Wildman–Crippen MR) is 130 cm³/mol. The van der Waals surface area contributed by atoms with Gasteiger partial charge in [0.05, 0.1) is 11.2 Å². The number of benzene rings is 4. The third kappa shape index (κ3) is 2.73. The Bertz CT molecular complexity index is 1500. The minimum absolute atomic E-state index is 0.0762. The lowest BCUT2D eigenvalue weighted by molar-refractivity contribution is 0.640. The first-order valence-corrected chi connectivity index (χ1v) is 10.9. The first-order chi connectivity index (χ1) is 15.5. The molecule has 4 aromatic carbocycles. The summed E-state index contributed by atoms with van der Waals surface area (Å²) in [5, 5.41) is 0.566. The molecule has 2 heteroatoms. The van der Waals surface area contributed by atoms with Crippen molar-refractivity contribution < 1.29 is 4.39 Å². The number of hydrogen-bond acceptors (Lipinski definition) is 1. The zero-order valence-electron chi connectivity index (χ0n) is 18.1. The monoisotopic (exact) mass is 415 g/mol. The van der Waals surface area contributed by atoms with Gasteiger partial charge in [0.2, 0.25) is 0 Å². The van der Waals surface area contributed by atoms with E-state index in [-0.39, 0.29) is 11.2 Å². The van der Waals surface area contributed by atoms with E-state index in [1.807, 2.05) is 42.5 Å². The second-order valence-electron chi connectivity index (χ2n) is 8.99. The fraction of sp³-hybridized carbons (Fsp3) is 0.100. The number of pyridine rings is 1. The van der Waals surface area contributed by atoms with Gasteiger partial charge < -0.3 is 0 Å². The van der Waals surface area contributed by atoms with Crippen molar-refractivity contribution in [1.29, 1.82) is 0 Å². The molecule has 0 saturated carbocycles. The van der Waals surface area contributed by atoms with Crippen molar-refractivity contribution in [2.75, 3.05) is 0 Å². The highest BCUT2D eigenvalue weighted by atomic mass is 19.1. The average Bonchev–Trinajstić information content (AvgIpc) is 3.06. The third-order valence-corrected chi connectivity index (χ3v) is 6.75. The average molecular weight is 416 g/mol. The Hall–Kier alpha value is -3.78. The van der Waals surface area contributed by atoms with E-state index in [1.165, 1.54) is 28.3 Å². The van der Waals surface area contributed by atoms with Crippen LogP contribution in [0, 0.1) is 5.82 Å². The second-order valence-corrected chi connectivity index (χ2v) is 8.99. The van der Waals surface area contributed by atoms with Crippen LogP contribution in [-0.2, 0) is 5.41 Å². The van der Waals surface area contributed by atoms with E-state index in [2.05, 4.69) is 56.3 Å². The first-order valence-electron chi connectivity index (χ1n) is 10.9. The minimum atomic E-state index is -0.245. The molecule has 5 aromatic rings. The Labute approximate surface area is 187 Å². The molecule has 154 valence electrons. The molecule has 0 radical (unpaired) electrons. The fourth-order valence-electron chi connectivity index (χ4n) is 5.10. The summed E-state index contributed by atoms with van der Waals surface area (Å²) in [6.07, 6.45) is 0. The van der Waals surface area contributed by atoms with Crippen molar-refractivity contribution >= 4 is 10.9 Å². The molecule has 1 aromatic heterocycles. The summed E-state index contributed by atoms with van der Waals surface area (Å²) >= 11 is 0. The molecular formula is C30H22FN. The van der Waals surface area contributed by atoms with Crippen LogP contribution in [-0.4, -0.2) is 4.98 Å². The summed E-state index contributed by atoms with van der Waals surface area (Å²) in [6.45, 7) is 4.56. The molecule has 0 aliphatic heterocycles. The highest BCUT2D eigenvalue weighted by Crippen LogP contribution is 2.49.